The minimum atomic E-state index is -0.918. The summed E-state index contributed by atoms with van der Waals surface area (Å²) in [6, 6.07) is 6.07. The van der Waals surface area contributed by atoms with Crippen LogP contribution in [0.3, 0.4) is 0 Å². The second-order valence-electron chi connectivity index (χ2n) is 3.29. The number of halogens is 1. The molecular weight excluding hydrogens is 199 g/mol. The molecule has 3 nitrogen and oxygen atoms in total. The lowest BCUT2D eigenvalue weighted by atomic mass is 10.1. The molecule has 0 saturated carbocycles. The van der Waals surface area contributed by atoms with Crippen molar-refractivity contribution in [2.45, 2.75) is 18.9 Å². The first kappa shape index (κ1) is 11.7. The summed E-state index contributed by atoms with van der Waals surface area (Å²) in [5, 5.41) is 8.59. The Balaban J connectivity index is 2.62. The van der Waals surface area contributed by atoms with Gasteiger partial charge in [0.05, 0.1) is 12.5 Å². The highest BCUT2D eigenvalue weighted by molar-refractivity contribution is 5.67. The van der Waals surface area contributed by atoms with Crippen LogP contribution in [-0.2, 0) is 16.0 Å². The van der Waals surface area contributed by atoms with E-state index in [9.17, 15) is 9.18 Å². The molecule has 0 bridgehead atoms. The van der Waals surface area contributed by atoms with Crippen LogP contribution >= 0.6 is 0 Å². The van der Waals surface area contributed by atoms with Gasteiger partial charge in [-0.1, -0.05) is 12.1 Å². The molecule has 1 atom stereocenters. The number of hydrogen-bond donors (Lipinski definition) is 1. The average molecular weight is 212 g/mol. The van der Waals surface area contributed by atoms with E-state index in [2.05, 4.69) is 0 Å². The molecule has 1 aromatic rings. The van der Waals surface area contributed by atoms with Crippen molar-refractivity contribution in [3.63, 3.8) is 0 Å². The number of aliphatic carboxylic acids is 1. The largest absolute Gasteiger partial charge is 0.481 e. The van der Waals surface area contributed by atoms with Gasteiger partial charge in [0.2, 0.25) is 0 Å². The molecule has 0 aliphatic heterocycles. The van der Waals surface area contributed by atoms with Crippen LogP contribution in [0.15, 0.2) is 24.3 Å². The Kier molecular flexibility index (Phi) is 4.24. The van der Waals surface area contributed by atoms with Crippen molar-refractivity contribution < 1.29 is 19.0 Å². The van der Waals surface area contributed by atoms with E-state index in [1.165, 1.54) is 19.2 Å². The second kappa shape index (κ2) is 5.46. The Hall–Kier alpha value is -1.42. The molecule has 15 heavy (non-hydrogen) atoms. The topological polar surface area (TPSA) is 46.5 Å². The number of hydrogen-bond acceptors (Lipinski definition) is 2. The van der Waals surface area contributed by atoms with Crippen LogP contribution in [-0.4, -0.2) is 24.3 Å². The minimum Gasteiger partial charge on any atom is -0.481 e. The zero-order valence-corrected chi connectivity index (χ0v) is 8.44. The summed E-state index contributed by atoms with van der Waals surface area (Å²) in [7, 11) is 1.45. The van der Waals surface area contributed by atoms with Crippen LogP contribution < -0.4 is 0 Å². The molecular formula is C11H13FO3. The molecule has 0 aliphatic rings. The summed E-state index contributed by atoms with van der Waals surface area (Å²) in [5.74, 6) is -1.24. The van der Waals surface area contributed by atoms with E-state index in [0.717, 1.165) is 5.56 Å². The molecule has 1 aromatic carbocycles. The van der Waals surface area contributed by atoms with E-state index in [4.69, 9.17) is 9.84 Å². The maximum absolute atomic E-state index is 12.8. The van der Waals surface area contributed by atoms with Gasteiger partial charge < -0.3 is 9.84 Å². The Labute approximate surface area is 87.5 Å². The highest BCUT2D eigenvalue weighted by Crippen LogP contribution is 2.10. The molecule has 0 spiro atoms. The Morgan fingerprint density at radius 3 is 2.87 bits per heavy atom. The zero-order valence-electron chi connectivity index (χ0n) is 8.44. The lowest BCUT2D eigenvalue weighted by Gasteiger charge is -2.12. The van der Waals surface area contributed by atoms with Crippen LogP contribution in [0.5, 0.6) is 0 Å². The van der Waals surface area contributed by atoms with Crippen molar-refractivity contribution >= 4 is 5.97 Å². The van der Waals surface area contributed by atoms with E-state index in [1.807, 2.05) is 0 Å². The quantitative estimate of drug-likeness (QED) is 0.810. The normalized spacial score (nSPS) is 12.4. The third-order valence-corrected chi connectivity index (χ3v) is 2.09. The van der Waals surface area contributed by atoms with Crippen molar-refractivity contribution in [2.24, 2.45) is 0 Å². The fourth-order valence-electron chi connectivity index (χ4n) is 1.36. The average Bonchev–Trinajstić information content (AvgIpc) is 2.16. The summed E-state index contributed by atoms with van der Waals surface area (Å²) in [6.07, 6.45) is -0.0857. The van der Waals surface area contributed by atoms with Gasteiger partial charge in [0.25, 0.3) is 0 Å². The maximum Gasteiger partial charge on any atom is 0.305 e. The predicted molar refractivity (Wildman–Crippen MR) is 53.2 cm³/mol. The van der Waals surface area contributed by atoms with Gasteiger partial charge in [0, 0.05) is 7.11 Å². The van der Waals surface area contributed by atoms with E-state index in [1.54, 1.807) is 12.1 Å². The van der Waals surface area contributed by atoms with Crippen LogP contribution in [0.4, 0.5) is 4.39 Å². The lowest BCUT2D eigenvalue weighted by molar-refractivity contribution is -0.139. The first-order chi connectivity index (χ1) is 7.11. The van der Waals surface area contributed by atoms with Crippen molar-refractivity contribution in [3.05, 3.63) is 35.6 Å². The Bertz CT molecular complexity index is 338. The number of ether oxygens (including phenoxy) is 1. The van der Waals surface area contributed by atoms with E-state index in [-0.39, 0.29) is 12.2 Å². The number of rotatable bonds is 5. The molecule has 0 fully saturated rings. The van der Waals surface area contributed by atoms with Gasteiger partial charge in [-0.05, 0) is 24.1 Å². The molecule has 0 heterocycles. The molecule has 0 saturated heterocycles. The summed E-state index contributed by atoms with van der Waals surface area (Å²) in [4.78, 5) is 10.5. The van der Waals surface area contributed by atoms with Gasteiger partial charge >= 0.3 is 5.97 Å². The smallest absolute Gasteiger partial charge is 0.305 e. The van der Waals surface area contributed by atoms with Crippen LogP contribution in [0.1, 0.15) is 12.0 Å². The number of carboxylic acid groups (broad SMARTS) is 1. The molecule has 1 rings (SSSR count). The van der Waals surface area contributed by atoms with Crippen LogP contribution in [0.2, 0.25) is 0 Å². The van der Waals surface area contributed by atoms with E-state index >= 15 is 0 Å². The standard InChI is InChI=1S/C11H13FO3/c1-15-10(7-11(13)14)6-8-3-2-4-9(12)5-8/h2-5,10H,6-7H2,1H3,(H,13,14). The zero-order chi connectivity index (χ0) is 11.3. The molecule has 0 aromatic heterocycles. The number of benzene rings is 1. The van der Waals surface area contributed by atoms with Crippen molar-refractivity contribution in [1.29, 1.82) is 0 Å². The summed E-state index contributed by atoms with van der Waals surface area (Å²) < 4.78 is 17.8. The van der Waals surface area contributed by atoms with Gasteiger partial charge in [-0.25, -0.2) is 4.39 Å². The Morgan fingerprint density at radius 2 is 2.33 bits per heavy atom. The fourth-order valence-corrected chi connectivity index (χ4v) is 1.36. The molecule has 4 heteroatoms. The number of carboxylic acids is 1. The van der Waals surface area contributed by atoms with Gasteiger partial charge in [-0.2, -0.15) is 0 Å². The molecule has 82 valence electrons. The Morgan fingerprint density at radius 1 is 1.60 bits per heavy atom. The fraction of sp³-hybridized carbons (Fsp3) is 0.364. The van der Waals surface area contributed by atoms with Gasteiger partial charge in [-0.3, -0.25) is 4.79 Å². The van der Waals surface area contributed by atoms with Crippen molar-refractivity contribution in [1.82, 2.24) is 0 Å². The second-order valence-corrected chi connectivity index (χ2v) is 3.29. The maximum atomic E-state index is 12.8. The molecule has 0 radical (unpaired) electrons. The van der Waals surface area contributed by atoms with Gasteiger partial charge in [0.1, 0.15) is 5.82 Å². The molecule has 1 N–H and O–H groups in total. The number of methoxy groups -OCH3 is 1. The predicted octanol–water partition coefficient (Wildman–Crippen LogP) is 1.86. The monoisotopic (exact) mass is 212 g/mol. The molecule has 0 amide bonds. The van der Waals surface area contributed by atoms with Crippen LogP contribution in [0.25, 0.3) is 0 Å². The first-order valence-electron chi connectivity index (χ1n) is 4.61. The minimum absolute atomic E-state index is 0.0764. The summed E-state index contributed by atoms with van der Waals surface area (Å²) >= 11 is 0. The first-order valence-corrected chi connectivity index (χ1v) is 4.61. The highest BCUT2D eigenvalue weighted by atomic mass is 19.1. The number of carbonyl (C=O) groups is 1. The SMILES string of the molecule is COC(CC(=O)O)Cc1cccc(F)c1. The highest BCUT2D eigenvalue weighted by Gasteiger charge is 2.13. The van der Waals surface area contributed by atoms with Gasteiger partial charge in [0.15, 0.2) is 0 Å². The molecule has 1 unspecified atom stereocenters. The van der Waals surface area contributed by atoms with E-state index < -0.39 is 12.1 Å². The lowest BCUT2D eigenvalue weighted by Crippen LogP contribution is -2.18. The third kappa shape index (κ3) is 4.08. The third-order valence-electron chi connectivity index (χ3n) is 2.09. The summed E-state index contributed by atoms with van der Waals surface area (Å²) in [6.45, 7) is 0. The van der Waals surface area contributed by atoms with E-state index in [0.29, 0.717) is 6.42 Å². The van der Waals surface area contributed by atoms with Crippen molar-refractivity contribution in [3.8, 4) is 0 Å². The molecule has 0 aliphatic carbocycles. The van der Waals surface area contributed by atoms with Crippen molar-refractivity contribution in [2.75, 3.05) is 7.11 Å². The van der Waals surface area contributed by atoms with Gasteiger partial charge in [-0.15, -0.1) is 0 Å². The summed E-state index contributed by atoms with van der Waals surface area (Å²) in [5.41, 5.74) is 0.739. The van der Waals surface area contributed by atoms with Crippen LogP contribution in [0, 0.1) is 5.82 Å².